The summed E-state index contributed by atoms with van der Waals surface area (Å²) in [4.78, 5) is 0. The third-order valence-electron chi connectivity index (χ3n) is 2.40. The summed E-state index contributed by atoms with van der Waals surface area (Å²) >= 11 is 0. The molecule has 0 bridgehead atoms. The van der Waals surface area contributed by atoms with Gasteiger partial charge in [0.05, 0.1) is 5.56 Å². The molecule has 1 rings (SSSR count). The van der Waals surface area contributed by atoms with Crippen molar-refractivity contribution in [1.29, 1.82) is 0 Å². The first-order valence-electron chi connectivity index (χ1n) is 5.63. The first-order valence-corrected chi connectivity index (χ1v) is 5.63. The molecule has 5 heteroatoms. The summed E-state index contributed by atoms with van der Waals surface area (Å²) in [5, 5.41) is 3.09. The van der Waals surface area contributed by atoms with Crippen molar-refractivity contribution < 1.29 is 17.6 Å². The lowest BCUT2D eigenvalue weighted by atomic mass is 10.1. The van der Waals surface area contributed by atoms with Crippen LogP contribution in [-0.4, -0.2) is 12.6 Å². The van der Waals surface area contributed by atoms with E-state index in [0.717, 1.165) is 18.7 Å². The third kappa shape index (κ3) is 4.14. The maximum atomic E-state index is 13.0. The molecule has 100 valence electrons. The molecule has 0 amide bonds. The van der Waals surface area contributed by atoms with Crippen LogP contribution >= 0.6 is 0 Å². The Hall–Kier alpha value is -1.36. The summed E-state index contributed by atoms with van der Waals surface area (Å²) in [7, 11) is 0. The van der Waals surface area contributed by atoms with E-state index in [1.165, 1.54) is 6.07 Å². The molecular formula is C13H15F4N. The number of benzene rings is 1. The lowest BCUT2D eigenvalue weighted by molar-refractivity contribution is -0.140. The Bertz CT molecular complexity index is 423. The van der Waals surface area contributed by atoms with Crippen molar-refractivity contribution in [2.75, 3.05) is 6.54 Å². The van der Waals surface area contributed by atoms with Crippen LogP contribution in [0.4, 0.5) is 17.6 Å². The van der Waals surface area contributed by atoms with Crippen LogP contribution in [0.2, 0.25) is 0 Å². The number of rotatable bonds is 4. The van der Waals surface area contributed by atoms with Gasteiger partial charge in [-0.05, 0) is 31.2 Å². The van der Waals surface area contributed by atoms with E-state index in [1.54, 1.807) is 12.2 Å². The summed E-state index contributed by atoms with van der Waals surface area (Å²) in [5.41, 5.74) is -0.908. The first kappa shape index (κ1) is 14.7. The van der Waals surface area contributed by atoms with Crippen LogP contribution in [-0.2, 0) is 6.18 Å². The Balaban J connectivity index is 2.92. The minimum absolute atomic E-state index is 0.0504. The number of alkyl halides is 3. The molecule has 0 fully saturated rings. The highest BCUT2D eigenvalue weighted by molar-refractivity contribution is 5.51. The van der Waals surface area contributed by atoms with Crippen LogP contribution in [0.15, 0.2) is 24.3 Å². The summed E-state index contributed by atoms with van der Waals surface area (Å²) in [5.74, 6) is -1.25. The third-order valence-corrected chi connectivity index (χ3v) is 2.40. The van der Waals surface area contributed by atoms with Gasteiger partial charge in [-0.25, -0.2) is 4.39 Å². The maximum Gasteiger partial charge on any atom is 0.419 e. The molecule has 0 heterocycles. The second kappa shape index (κ2) is 6.00. The van der Waals surface area contributed by atoms with Gasteiger partial charge in [0.2, 0.25) is 0 Å². The second-order valence-corrected chi connectivity index (χ2v) is 3.94. The van der Waals surface area contributed by atoms with Crippen molar-refractivity contribution in [2.45, 2.75) is 26.1 Å². The van der Waals surface area contributed by atoms with Gasteiger partial charge in [0.15, 0.2) is 0 Å². The van der Waals surface area contributed by atoms with Gasteiger partial charge in [-0.2, -0.15) is 13.2 Å². The van der Waals surface area contributed by atoms with Gasteiger partial charge < -0.3 is 5.32 Å². The van der Waals surface area contributed by atoms with Crippen molar-refractivity contribution >= 4 is 6.08 Å². The molecule has 1 nitrogen and oxygen atoms in total. The van der Waals surface area contributed by atoms with Crippen LogP contribution in [0.5, 0.6) is 0 Å². The molecule has 0 radical (unpaired) electrons. The topological polar surface area (TPSA) is 12.0 Å². The largest absolute Gasteiger partial charge is 0.419 e. The highest BCUT2D eigenvalue weighted by Crippen LogP contribution is 2.32. The Kier molecular flexibility index (Phi) is 4.90. The average molecular weight is 261 g/mol. The molecule has 1 aromatic rings. The van der Waals surface area contributed by atoms with E-state index >= 15 is 0 Å². The van der Waals surface area contributed by atoms with E-state index in [0.29, 0.717) is 5.56 Å². The van der Waals surface area contributed by atoms with Crippen LogP contribution in [0, 0.1) is 5.82 Å². The molecule has 0 saturated carbocycles. The molecule has 1 N–H and O–H groups in total. The Morgan fingerprint density at radius 1 is 1.33 bits per heavy atom. The normalized spacial score (nSPS) is 14.1. The predicted molar refractivity (Wildman–Crippen MR) is 63.6 cm³/mol. The number of nitrogens with one attached hydrogen (secondary N) is 1. The zero-order valence-electron chi connectivity index (χ0n) is 10.2. The maximum absolute atomic E-state index is 13.0. The summed E-state index contributed by atoms with van der Waals surface area (Å²) in [6.07, 6.45) is -1.39. The van der Waals surface area contributed by atoms with Gasteiger partial charge >= 0.3 is 6.18 Å². The van der Waals surface area contributed by atoms with E-state index in [1.807, 2.05) is 13.8 Å². The van der Waals surface area contributed by atoms with Crippen molar-refractivity contribution in [3.63, 3.8) is 0 Å². The monoisotopic (exact) mass is 261 g/mol. The predicted octanol–water partition coefficient (Wildman–Crippen LogP) is 3.86. The average Bonchev–Trinajstić information content (AvgIpc) is 2.27. The lowest BCUT2D eigenvalue weighted by Crippen LogP contribution is -2.22. The SMILES string of the molecule is CCNC(C)/C=C/c1ccc(F)c(C(F)(F)F)c1. The van der Waals surface area contributed by atoms with Gasteiger partial charge in [-0.3, -0.25) is 0 Å². The number of hydrogen-bond donors (Lipinski definition) is 1. The molecule has 0 aliphatic heterocycles. The standard InChI is InChI=1S/C13H15F4N/c1-3-18-9(2)4-5-10-6-7-12(14)11(8-10)13(15,16)17/h4-9,18H,3H2,1-2H3/b5-4+. The molecule has 0 spiro atoms. The second-order valence-electron chi connectivity index (χ2n) is 3.94. The fourth-order valence-electron chi connectivity index (χ4n) is 1.51. The van der Waals surface area contributed by atoms with Crippen LogP contribution in [0.1, 0.15) is 25.0 Å². The molecular weight excluding hydrogens is 246 g/mol. The Labute approximate surface area is 104 Å². The lowest BCUT2D eigenvalue weighted by Gasteiger charge is -2.09. The molecule has 1 unspecified atom stereocenters. The van der Waals surface area contributed by atoms with Crippen molar-refractivity contribution in [2.24, 2.45) is 0 Å². The number of halogens is 4. The summed E-state index contributed by atoms with van der Waals surface area (Å²) in [6, 6.07) is 3.01. The molecule has 1 atom stereocenters. The molecule has 0 aliphatic carbocycles. The Morgan fingerprint density at radius 2 is 2.00 bits per heavy atom. The highest BCUT2D eigenvalue weighted by atomic mass is 19.4. The molecule has 0 aromatic heterocycles. The van der Waals surface area contributed by atoms with E-state index in [-0.39, 0.29) is 6.04 Å². The number of likely N-dealkylation sites (N-methyl/N-ethyl adjacent to an activating group) is 1. The quantitative estimate of drug-likeness (QED) is 0.812. The molecule has 0 aliphatic rings. The van der Waals surface area contributed by atoms with Crippen LogP contribution in [0.25, 0.3) is 6.08 Å². The minimum Gasteiger partial charge on any atom is -0.311 e. The first-order chi connectivity index (χ1) is 8.34. The number of hydrogen-bond acceptors (Lipinski definition) is 1. The van der Waals surface area contributed by atoms with Gasteiger partial charge in [0.25, 0.3) is 0 Å². The van der Waals surface area contributed by atoms with Gasteiger partial charge in [0.1, 0.15) is 5.82 Å². The van der Waals surface area contributed by atoms with Crippen molar-refractivity contribution in [3.05, 3.63) is 41.2 Å². The van der Waals surface area contributed by atoms with Crippen LogP contribution in [0.3, 0.4) is 0 Å². The molecule has 0 saturated heterocycles. The van der Waals surface area contributed by atoms with E-state index in [2.05, 4.69) is 5.32 Å². The van der Waals surface area contributed by atoms with Gasteiger partial charge in [-0.15, -0.1) is 0 Å². The zero-order chi connectivity index (χ0) is 13.8. The zero-order valence-corrected chi connectivity index (χ0v) is 10.2. The fourth-order valence-corrected chi connectivity index (χ4v) is 1.51. The Morgan fingerprint density at radius 3 is 2.56 bits per heavy atom. The summed E-state index contributed by atoms with van der Waals surface area (Å²) in [6.45, 7) is 4.58. The van der Waals surface area contributed by atoms with E-state index in [9.17, 15) is 17.6 Å². The van der Waals surface area contributed by atoms with Gasteiger partial charge in [0, 0.05) is 6.04 Å². The highest BCUT2D eigenvalue weighted by Gasteiger charge is 2.33. The smallest absolute Gasteiger partial charge is 0.311 e. The minimum atomic E-state index is -4.67. The molecule has 18 heavy (non-hydrogen) atoms. The summed E-state index contributed by atoms with van der Waals surface area (Å²) < 4.78 is 50.4. The van der Waals surface area contributed by atoms with Crippen molar-refractivity contribution in [3.8, 4) is 0 Å². The van der Waals surface area contributed by atoms with Gasteiger partial charge in [-0.1, -0.05) is 25.1 Å². The van der Waals surface area contributed by atoms with Crippen LogP contribution < -0.4 is 5.32 Å². The molecule has 1 aromatic carbocycles. The van der Waals surface area contributed by atoms with E-state index < -0.39 is 17.6 Å². The van der Waals surface area contributed by atoms with Crippen molar-refractivity contribution in [1.82, 2.24) is 5.32 Å². The van der Waals surface area contributed by atoms with E-state index in [4.69, 9.17) is 0 Å². The fraction of sp³-hybridized carbons (Fsp3) is 0.385.